The first-order valence-corrected chi connectivity index (χ1v) is 9.98. The number of aromatic nitrogens is 1. The van der Waals surface area contributed by atoms with Crippen molar-refractivity contribution in [3.63, 3.8) is 0 Å². The molecule has 0 amide bonds. The topological polar surface area (TPSA) is 37.6 Å². The summed E-state index contributed by atoms with van der Waals surface area (Å²) >= 11 is 6.21. The Bertz CT molecular complexity index is 1090. The molecule has 0 saturated heterocycles. The summed E-state index contributed by atoms with van der Waals surface area (Å²) in [5.41, 5.74) is 2.46. The van der Waals surface area contributed by atoms with Crippen molar-refractivity contribution in [2.45, 2.75) is 31.8 Å². The monoisotopic (exact) mass is 438 g/mol. The second-order valence-electron chi connectivity index (χ2n) is 7.66. The van der Waals surface area contributed by atoms with E-state index in [4.69, 9.17) is 16.3 Å². The molecule has 4 nitrogen and oxygen atoms in total. The van der Waals surface area contributed by atoms with E-state index in [0.717, 1.165) is 47.7 Å². The fraction of sp³-hybridized carbons (Fsp3) is 0.364. The molecular formula is C22H22ClF3N2O2. The van der Waals surface area contributed by atoms with Crippen molar-refractivity contribution in [3.05, 3.63) is 63.8 Å². The summed E-state index contributed by atoms with van der Waals surface area (Å²) in [6.07, 6.45) is -4.88. The molecule has 1 aromatic heterocycles. The van der Waals surface area contributed by atoms with Crippen LogP contribution in [0.5, 0.6) is 5.75 Å². The van der Waals surface area contributed by atoms with Crippen molar-refractivity contribution < 1.29 is 23.0 Å². The lowest BCUT2D eigenvalue weighted by atomic mass is 10.0. The van der Waals surface area contributed by atoms with Gasteiger partial charge < -0.3 is 19.3 Å². The van der Waals surface area contributed by atoms with Gasteiger partial charge in [-0.15, -0.1) is 0 Å². The van der Waals surface area contributed by atoms with Gasteiger partial charge in [-0.1, -0.05) is 17.7 Å². The van der Waals surface area contributed by atoms with E-state index in [1.54, 1.807) is 6.07 Å². The largest absolute Gasteiger partial charge is 0.496 e. The highest BCUT2D eigenvalue weighted by Crippen LogP contribution is 2.39. The van der Waals surface area contributed by atoms with Crippen LogP contribution in [-0.4, -0.2) is 35.3 Å². The number of halogens is 4. The third-order valence-corrected chi connectivity index (χ3v) is 5.91. The summed E-state index contributed by atoms with van der Waals surface area (Å²) in [4.78, 5) is 2.21. The molecule has 1 atom stereocenters. The highest BCUT2D eigenvalue weighted by molar-refractivity contribution is 6.31. The summed E-state index contributed by atoms with van der Waals surface area (Å²) in [6, 6.07) is 9.29. The Hall–Kier alpha value is -2.22. The van der Waals surface area contributed by atoms with E-state index in [-0.39, 0.29) is 17.9 Å². The maximum Gasteiger partial charge on any atom is 0.419 e. The minimum atomic E-state index is -4.57. The summed E-state index contributed by atoms with van der Waals surface area (Å²) in [5.74, 6) is -0.264. The quantitative estimate of drug-likeness (QED) is 0.620. The summed E-state index contributed by atoms with van der Waals surface area (Å²) in [7, 11) is 3.24. The lowest BCUT2D eigenvalue weighted by Crippen LogP contribution is -2.27. The molecular weight excluding hydrogens is 417 g/mol. The van der Waals surface area contributed by atoms with Crippen LogP contribution in [0.15, 0.2) is 36.4 Å². The molecule has 1 aliphatic rings. The second kappa shape index (κ2) is 7.80. The lowest BCUT2D eigenvalue weighted by molar-refractivity contribution is -0.138. The van der Waals surface area contributed by atoms with Crippen LogP contribution >= 0.6 is 11.6 Å². The first kappa shape index (κ1) is 21.0. The molecule has 2 heterocycles. The molecule has 0 bridgehead atoms. The fourth-order valence-electron chi connectivity index (χ4n) is 4.20. The Morgan fingerprint density at radius 1 is 1.20 bits per heavy atom. The number of hydrogen-bond acceptors (Lipinski definition) is 3. The highest BCUT2D eigenvalue weighted by atomic mass is 35.5. The molecule has 0 saturated carbocycles. The van der Waals surface area contributed by atoms with Crippen molar-refractivity contribution in [1.82, 2.24) is 9.47 Å². The van der Waals surface area contributed by atoms with Gasteiger partial charge in [-0.2, -0.15) is 13.2 Å². The fourth-order valence-corrected chi connectivity index (χ4v) is 4.37. The number of likely N-dealkylation sites (N-methyl/N-ethyl adjacent to an activating group) is 1. The molecule has 8 heteroatoms. The van der Waals surface area contributed by atoms with Crippen molar-refractivity contribution in [2.24, 2.45) is 0 Å². The molecule has 1 unspecified atom stereocenters. The lowest BCUT2D eigenvalue weighted by Gasteiger charge is -2.25. The van der Waals surface area contributed by atoms with Gasteiger partial charge in [0.15, 0.2) is 0 Å². The van der Waals surface area contributed by atoms with E-state index in [9.17, 15) is 18.3 Å². The highest BCUT2D eigenvalue weighted by Gasteiger charge is 2.35. The predicted octanol–water partition coefficient (Wildman–Crippen LogP) is 5.04. The summed E-state index contributed by atoms with van der Waals surface area (Å²) in [5, 5.41) is 12.5. The zero-order valence-electron chi connectivity index (χ0n) is 16.6. The number of rotatable bonds is 4. The third-order valence-electron chi connectivity index (χ3n) is 5.68. The Kier molecular flexibility index (Phi) is 5.46. The first-order valence-electron chi connectivity index (χ1n) is 9.60. The number of benzene rings is 2. The molecule has 0 aliphatic carbocycles. The van der Waals surface area contributed by atoms with E-state index in [2.05, 4.69) is 4.90 Å². The van der Waals surface area contributed by atoms with Gasteiger partial charge in [-0.05, 0) is 48.5 Å². The number of alkyl halides is 3. The predicted molar refractivity (Wildman–Crippen MR) is 110 cm³/mol. The summed E-state index contributed by atoms with van der Waals surface area (Å²) < 4.78 is 47.0. The Balaban J connectivity index is 1.75. The SMILES string of the molecule is COc1ccc(C(O)Cn2c3c(c4cc(Cl)ccc42)CN(C)CC3)cc1C(F)(F)F. The van der Waals surface area contributed by atoms with Gasteiger partial charge in [0, 0.05) is 41.1 Å². The van der Waals surface area contributed by atoms with Crippen molar-refractivity contribution >= 4 is 22.5 Å². The minimum Gasteiger partial charge on any atom is -0.496 e. The van der Waals surface area contributed by atoms with Gasteiger partial charge in [0.25, 0.3) is 0 Å². The molecule has 160 valence electrons. The number of hydrogen-bond donors (Lipinski definition) is 1. The van der Waals surface area contributed by atoms with E-state index in [0.29, 0.717) is 5.02 Å². The Morgan fingerprint density at radius 3 is 2.67 bits per heavy atom. The third kappa shape index (κ3) is 3.77. The Labute approximate surface area is 177 Å². The standard InChI is InChI=1S/C22H22ClF3N2O2/c1-27-8-7-19-16(11-27)15-10-14(23)4-5-18(15)28(19)12-20(29)13-3-6-21(30-2)17(9-13)22(24,25)26/h3-6,9-10,20,29H,7-8,11-12H2,1-2H3. The molecule has 0 fully saturated rings. The van der Waals surface area contributed by atoms with Crippen LogP contribution in [0, 0.1) is 0 Å². The number of methoxy groups -OCH3 is 1. The second-order valence-corrected chi connectivity index (χ2v) is 8.09. The van der Waals surface area contributed by atoms with Crippen LogP contribution in [-0.2, 0) is 25.7 Å². The molecule has 0 spiro atoms. The average molecular weight is 439 g/mol. The number of ether oxygens (including phenoxy) is 1. The van der Waals surface area contributed by atoms with Crippen LogP contribution in [0.2, 0.25) is 5.02 Å². The number of nitrogens with zero attached hydrogens (tertiary/aromatic N) is 2. The van der Waals surface area contributed by atoms with Crippen LogP contribution in [0.3, 0.4) is 0 Å². The Morgan fingerprint density at radius 2 is 1.97 bits per heavy atom. The molecule has 1 aliphatic heterocycles. The smallest absolute Gasteiger partial charge is 0.419 e. The maximum absolute atomic E-state index is 13.4. The van der Waals surface area contributed by atoms with E-state index in [1.807, 2.05) is 23.7 Å². The van der Waals surface area contributed by atoms with Crippen LogP contribution in [0.25, 0.3) is 10.9 Å². The van der Waals surface area contributed by atoms with Crippen molar-refractivity contribution in [2.75, 3.05) is 20.7 Å². The van der Waals surface area contributed by atoms with Gasteiger partial charge in [0.05, 0.1) is 25.3 Å². The van der Waals surface area contributed by atoms with Crippen molar-refractivity contribution in [3.8, 4) is 5.75 Å². The number of aliphatic hydroxyl groups is 1. The first-order chi connectivity index (χ1) is 14.2. The van der Waals surface area contributed by atoms with E-state index in [1.165, 1.54) is 19.2 Å². The average Bonchev–Trinajstić information content (AvgIpc) is 2.99. The molecule has 2 aromatic carbocycles. The number of aliphatic hydroxyl groups excluding tert-OH is 1. The number of fused-ring (bicyclic) bond motifs is 3. The van der Waals surface area contributed by atoms with E-state index < -0.39 is 17.8 Å². The van der Waals surface area contributed by atoms with Crippen molar-refractivity contribution in [1.29, 1.82) is 0 Å². The summed E-state index contributed by atoms with van der Waals surface area (Å²) in [6.45, 7) is 1.78. The van der Waals surface area contributed by atoms with Gasteiger partial charge in [-0.3, -0.25) is 0 Å². The molecule has 30 heavy (non-hydrogen) atoms. The van der Waals surface area contributed by atoms with Gasteiger partial charge in [-0.25, -0.2) is 0 Å². The zero-order valence-corrected chi connectivity index (χ0v) is 17.4. The molecule has 3 aromatic rings. The minimum absolute atomic E-state index is 0.154. The van der Waals surface area contributed by atoms with Gasteiger partial charge >= 0.3 is 6.18 Å². The van der Waals surface area contributed by atoms with Crippen LogP contribution in [0.4, 0.5) is 13.2 Å². The molecule has 1 N–H and O–H groups in total. The van der Waals surface area contributed by atoms with Gasteiger partial charge in [0.1, 0.15) is 5.75 Å². The normalized spacial score (nSPS) is 16.0. The maximum atomic E-state index is 13.4. The molecule has 0 radical (unpaired) electrons. The molecule has 4 rings (SSSR count). The van der Waals surface area contributed by atoms with E-state index >= 15 is 0 Å². The van der Waals surface area contributed by atoms with Crippen LogP contribution < -0.4 is 4.74 Å². The van der Waals surface area contributed by atoms with Gasteiger partial charge in [0.2, 0.25) is 0 Å². The van der Waals surface area contributed by atoms with Crippen LogP contribution in [0.1, 0.15) is 28.5 Å². The zero-order chi connectivity index (χ0) is 21.6.